The second kappa shape index (κ2) is 1.97. The topological polar surface area (TPSA) is 29.5 Å². The third kappa shape index (κ3) is 0.872. The zero-order chi connectivity index (χ0) is 8.06. The maximum atomic E-state index is 11.3. The number of hydrogen-bond acceptors (Lipinski definition) is 3. The summed E-state index contributed by atoms with van der Waals surface area (Å²) in [6.45, 7) is 0. The number of nitrogens with zero attached hydrogens (tertiary/aromatic N) is 1. The highest BCUT2D eigenvalue weighted by atomic mass is 16.7. The predicted molar refractivity (Wildman–Crippen MR) is 39.6 cm³/mol. The summed E-state index contributed by atoms with van der Waals surface area (Å²) in [6, 6.07) is 0. The van der Waals surface area contributed by atoms with Crippen molar-refractivity contribution in [3.8, 4) is 0 Å². The first-order valence-electron chi connectivity index (χ1n) is 4.02. The smallest absolute Gasteiger partial charge is 0.331 e. The molecule has 0 N–H and O–H groups in total. The fourth-order valence-corrected chi connectivity index (χ4v) is 1.99. The molecule has 3 fully saturated rings. The molecule has 0 saturated heterocycles. The third-order valence-corrected chi connectivity index (χ3v) is 2.74. The number of hydrogen-bond donors (Lipinski definition) is 0. The normalized spacial score (nSPS) is 39.4. The van der Waals surface area contributed by atoms with E-state index in [-0.39, 0.29) is 11.4 Å². The molecule has 0 spiro atoms. The molecule has 3 aliphatic carbocycles. The maximum absolute atomic E-state index is 11.3. The molecule has 0 aromatic heterocycles. The van der Waals surface area contributed by atoms with E-state index < -0.39 is 0 Å². The fraction of sp³-hybridized carbons (Fsp3) is 0.875. The average molecular weight is 155 g/mol. The number of carbonyl (C=O) groups excluding carboxylic acids is 1. The standard InChI is InChI=1S/C8H13NO2/c1-9(2)11-7(10)8-3-6(4-8)5-8/h6H,3-5H2,1-2H3. The number of hydroxylamine groups is 2. The molecule has 0 aromatic rings. The molecule has 0 heterocycles. The Morgan fingerprint density at radius 3 is 2.27 bits per heavy atom. The minimum absolute atomic E-state index is 0.0231. The van der Waals surface area contributed by atoms with Gasteiger partial charge in [-0.15, -0.1) is 5.06 Å². The Labute approximate surface area is 66.3 Å². The first kappa shape index (κ1) is 7.10. The van der Waals surface area contributed by atoms with Crippen LogP contribution < -0.4 is 0 Å². The molecule has 0 unspecified atom stereocenters. The van der Waals surface area contributed by atoms with Crippen LogP contribution in [-0.4, -0.2) is 25.1 Å². The van der Waals surface area contributed by atoms with Gasteiger partial charge in [0.05, 0.1) is 5.41 Å². The molecule has 3 saturated carbocycles. The van der Waals surface area contributed by atoms with Gasteiger partial charge in [0, 0.05) is 14.1 Å². The van der Waals surface area contributed by atoms with Crippen LogP contribution in [0.3, 0.4) is 0 Å². The minimum Gasteiger partial charge on any atom is -0.368 e. The summed E-state index contributed by atoms with van der Waals surface area (Å²) in [6.07, 6.45) is 3.21. The third-order valence-electron chi connectivity index (χ3n) is 2.74. The lowest BCUT2D eigenvalue weighted by atomic mass is 9.44. The SMILES string of the molecule is CN(C)OC(=O)C12CC(C1)C2. The van der Waals surface area contributed by atoms with Crippen molar-refractivity contribution in [2.45, 2.75) is 19.3 Å². The molecule has 62 valence electrons. The maximum Gasteiger partial charge on any atom is 0.331 e. The zero-order valence-corrected chi connectivity index (χ0v) is 6.96. The second-order valence-electron chi connectivity index (χ2n) is 3.95. The molecule has 2 bridgehead atoms. The zero-order valence-electron chi connectivity index (χ0n) is 6.96. The van der Waals surface area contributed by atoms with Gasteiger partial charge in [-0.1, -0.05) is 0 Å². The quantitative estimate of drug-likeness (QED) is 0.552. The van der Waals surface area contributed by atoms with Gasteiger partial charge in [0.1, 0.15) is 0 Å². The lowest BCUT2D eigenvalue weighted by Gasteiger charge is -2.59. The van der Waals surface area contributed by atoms with Crippen molar-refractivity contribution in [2.75, 3.05) is 14.1 Å². The van der Waals surface area contributed by atoms with Crippen LogP contribution in [-0.2, 0) is 9.63 Å². The molecule has 0 aromatic carbocycles. The van der Waals surface area contributed by atoms with Crippen molar-refractivity contribution >= 4 is 5.97 Å². The Morgan fingerprint density at radius 2 is 2.00 bits per heavy atom. The molecule has 0 amide bonds. The Kier molecular flexibility index (Phi) is 1.27. The predicted octanol–water partition coefficient (Wildman–Crippen LogP) is 0.806. The van der Waals surface area contributed by atoms with Gasteiger partial charge >= 0.3 is 5.97 Å². The van der Waals surface area contributed by atoms with E-state index in [1.165, 1.54) is 5.06 Å². The van der Waals surface area contributed by atoms with Crippen molar-refractivity contribution in [1.82, 2.24) is 5.06 Å². The van der Waals surface area contributed by atoms with Gasteiger partial charge in [-0.05, 0) is 25.2 Å². The molecular formula is C8H13NO2. The van der Waals surface area contributed by atoms with E-state index >= 15 is 0 Å². The van der Waals surface area contributed by atoms with Crippen molar-refractivity contribution in [3.63, 3.8) is 0 Å². The molecule has 0 aliphatic heterocycles. The number of rotatable bonds is 2. The first-order chi connectivity index (χ1) is 5.12. The Morgan fingerprint density at radius 1 is 1.45 bits per heavy atom. The van der Waals surface area contributed by atoms with E-state index in [2.05, 4.69) is 0 Å². The van der Waals surface area contributed by atoms with Gasteiger partial charge in [0.15, 0.2) is 0 Å². The highest BCUT2D eigenvalue weighted by molar-refractivity contribution is 5.80. The molecule has 3 aliphatic rings. The van der Waals surface area contributed by atoms with Crippen molar-refractivity contribution in [2.24, 2.45) is 11.3 Å². The summed E-state index contributed by atoms with van der Waals surface area (Å²) in [5.74, 6) is 0.815. The lowest BCUT2D eigenvalue weighted by molar-refractivity contribution is -0.222. The largest absolute Gasteiger partial charge is 0.368 e. The molecule has 3 heteroatoms. The van der Waals surface area contributed by atoms with Gasteiger partial charge < -0.3 is 4.84 Å². The van der Waals surface area contributed by atoms with Gasteiger partial charge in [0.25, 0.3) is 0 Å². The minimum atomic E-state index is -0.0467. The van der Waals surface area contributed by atoms with Crippen LogP contribution in [0.4, 0.5) is 0 Å². The van der Waals surface area contributed by atoms with E-state index in [9.17, 15) is 4.79 Å². The van der Waals surface area contributed by atoms with Gasteiger partial charge in [0.2, 0.25) is 0 Å². The monoisotopic (exact) mass is 155 g/mol. The summed E-state index contributed by atoms with van der Waals surface area (Å²) in [5.41, 5.74) is -0.0467. The molecule has 11 heavy (non-hydrogen) atoms. The second-order valence-corrected chi connectivity index (χ2v) is 3.95. The highest BCUT2D eigenvalue weighted by Crippen LogP contribution is 2.64. The van der Waals surface area contributed by atoms with Gasteiger partial charge in [-0.3, -0.25) is 0 Å². The Balaban J connectivity index is 1.90. The van der Waals surface area contributed by atoms with Crippen molar-refractivity contribution < 1.29 is 9.63 Å². The van der Waals surface area contributed by atoms with E-state index in [0.29, 0.717) is 0 Å². The molecular weight excluding hydrogens is 142 g/mol. The first-order valence-corrected chi connectivity index (χ1v) is 4.02. The molecule has 3 nitrogen and oxygen atoms in total. The molecule has 0 radical (unpaired) electrons. The van der Waals surface area contributed by atoms with Crippen LogP contribution in [0.15, 0.2) is 0 Å². The van der Waals surface area contributed by atoms with Crippen LogP contribution in [0.5, 0.6) is 0 Å². The van der Waals surface area contributed by atoms with E-state index in [0.717, 1.165) is 25.2 Å². The van der Waals surface area contributed by atoms with Crippen LogP contribution in [0.2, 0.25) is 0 Å². The van der Waals surface area contributed by atoms with E-state index in [1.54, 1.807) is 14.1 Å². The summed E-state index contributed by atoms with van der Waals surface area (Å²) < 4.78 is 0. The van der Waals surface area contributed by atoms with Crippen molar-refractivity contribution in [1.29, 1.82) is 0 Å². The summed E-state index contributed by atoms with van der Waals surface area (Å²) in [7, 11) is 3.48. The van der Waals surface area contributed by atoms with Crippen LogP contribution >= 0.6 is 0 Å². The summed E-state index contributed by atoms with van der Waals surface area (Å²) in [4.78, 5) is 16.3. The Hall–Kier alpha value is -0.570. The number of carbonyl (C=O) groups is 1. The Bertz CT molecular complexity index is 183. The van der Waals surface area contributed by atoms with Gasteiger partial charge in [-0.25, -0.2) is 4.79 Å². The summed E-state index contributed by atoms with van der Waals surface area (Å²) in [5, 5.41) is 1.47. The van der Waals surface area contributed by atoms with Crippen molar-refractivity contribution in [3.05, 3.63) is 0 Å². The lowest BCUT2D eigenvalue weighted by Crippen LogP contribution is -2.58. The van der Waals surface area contributed by atoms with Crippen LogP contribution in [0.25, 0.3) is 0 Å². The van der Waals surface area contributed by atoms with Crippen LogP contribution in [0, 0.1) is 11.3 Å². The average Bonchev–Trinajstić information content (AvgIpc) is 1.50. The summed E-state index contributed by atoms with van der Waals surface area (Å²) >= 11 is 0. The van der Waals surface area contributed by atoms with E-state index in [1.807, 2.05) is 0 Å². The highest BCUT2D eigenvalue weighted by Gasteiger charge is 2.62. The van der Waals surface area contributed by atoms with Gasteiger partial charge in [-0.2, -0.15) is 0 Å². The fourth-order valence-electron chi connectivity index (χ4n) is 1.99. The molecule has 3 rings (SSSR count). The molecule has 0 atom stereocenters. The van der Waals surface area contributed by atoms with E-state index in [4.69, 9.17) is 4.84 Å². The van der Waals surface area contributed by atoms with Crippen LogP contribution in [0.1, 0.15) is 19.3 Å².